The van der Waals surface area contributed by atoms with Gasteiger partial charge in [0.25, 0.3) is 0 Å². The molecule has 1 aliphatic heterocycles. The number of rotatable bonds is 1. The Kier molecular flexibility index (Phi) is 6.53. The summed E-state index contributed by atoms with van der Waals surface area (Å²) in [5.41, 5.74) is 0. The van der Waals surface area contributed by atoms with Gasteiger partial charge < -0.3 is 0 Å². The molecule has 0 amide bonds. The van der Waals surface area contributed by atoms with Crippen molar-refractivity contribution in [3.63, 3.8) is 0 Å². The summed E-state index contributed by atoms with van der Waals surface area (Å²) in [6.07, 6.45) is 4.24. The van der Waals surface area contributed by atoms with Crippen LogP contribution in [0.25, 0.3) is 0 Å². The summed E-state index contributed by atoms with van der Waals surface area (Å²) < 4.78 is 10.6. The van der Waals surface area contributed by atoms with Crippen LogP contribution in [0.2, 0.25) is 0 Å². The zero-order valence-electron chi connectivity index (χ0n) is 7.52. The maximum Gasteiger partial charge on any atom is 0.407 e. The van der Waals surface area contributed by atoms with Crippen molar-refractivity contribution in [3.05, 3.63) is 0 Å². The molecule has 0 aromatic heterocycles. The highest BCUT2D eigenvalue weighted by Gasteiger charge is 2.40. The minimum absolute atomic E-state index is 0.755. The lowest BCUT2D eigenvalue weighted by Crippen LogP contribution is -1.96. The van der Waals surface area contributed by atoms with E-state index in [0.717, 1.165) is 18.8 Å². The van der Waals surface area contributed by atoms with Crippen LogP contribution in [0.15, 0.2) is 0 Å². The molecule has 6 heteroatoms. The first-order valence-corrected chi connectivity index (χ1v) is 9.24. The van der Waals surface area contributed by atoms with E-state index in [2.05, 4.69) is 25.2 Å². The third-order valence-electron chi connectivity index (χ3n) is 1.90. The van der Waals surface area contributed by atoms with Gasteiger partial charge in [-0.25, -0.2) is 0 Å². The second-order valence-corrected chi connectivity index (χ2v) is 10.1. The SMILES string of the molecule is SO[P+]1(S)OCCCCCCCS1. The van der Waals surface area contributed by atoms with Gasteiger partial charge in [-0.3, -0.25) is 0 Å². The van der Waals surface area contributed by atoms with Crippen LogP contribution in [-0.2, 0) is 8.49 Å². The normalized spacial score (nSPS) is 32.8. The maximum absolute atomic E-state index is 5.59. The molecule has 0 N–H and O–H groups in total. The Morgan fingerprint density at radius 3 is 2.62 bits per heavy atom. The third-order valence-corrected chi connectivity index (χ3v) is 8.52. The van der Waals surface area contributed by atoms with E-state index in [4.69, 9.17) is 8.49 Å². The van der Waals surface area contributed by atoms with Gasteiger partial charge in [0.05, 0.1) is 30.2 Å². The molecule has 2 nitrogen and oxygen atoms in total. The molecule has 1 saturated heterocycles. The molecule has 1 fully saturated rings. The average molecular weight is 259 g/mol. The second-order valence-electron chi connectivity index (χ2n) is 2.98. The van der Waals surface area contributed by atoms with E-state index < -0.39 is 6.12 Å². The Bertz CT molecular complexity index is 138. The van der Waals surface area contributed by atoms with Crippen LogP contribution in [0.1, 0.15) is 32.1 Å². The second kappa shape index (κ2) is 6.81. The molecule has 13 heavy (non-hydrogen) atoms. The standard InChI is InChI=1S/C7H15O2PS3/c11-9-10(12)8-6-4-2-1-3-5-7-13-10/h12H,1-7H2/p+1. The van der Waals surface area contributed by atoms with E-state index in [1.165, 1.54) is 25.7 Å². The van der Waals surface area contributed by atoms with E-state index in [-0.39, 0.29) is 0 Å². The van der Waals surface area contributed by atoms with Crippen molar-refractivity contribution in [3.8, 4) is 0 Å². The monoisotopic (exact) mass is 259 g/mol. The van der Waals surface area contributed by atoms with Gasteiger partial charge in [-0.15, -0.1) is 3.97 Å². The summed E-state index contributed by atoms with van der Waals surface area (Å²) >= 11 is 9.90. The van der Waals surface area contributed by atoms with E-state index in [1.807, 2.05) is 0 Å². The van der Waals surface area contributed by atoms with Crippen molar-refractivity contribution in [2.45, 2.75) is 32.1 Å². The highest BCUT2D eigenvalue weighted by atomic mass is 33.1. The summed E-state index contributed by atoms with van der Waals surface area (Å²) in [5, 5.41) is 0. The molecule has 0 aromatic rings. The van der Waals surface area contributed by atoms with Gasteiger partial charge in [-0.05, 0) is 12.8 Å². The number of hydrogen-bond acceptors (Lipinski definition) is 5. The molecule has 0 saturated carbocycles. The summed E-state index contributed by atoms with van der Waals surface area (Å²) in [5.74, 6) is 1.07. The molecular formula is C7H16O2PS3+. The van der Waals surface area contributed by atoms with Crippen LogP contribution >= 0.6 is 42.7 Å². The molecule has 1 heterocycles. The molecule has 0 radical (unpaired) electrons. The first-order chi connectivity index (χ1) is 6.27. The van der Waals surface area contributed by atoms with Crippen LogP contribution in [0.5, 0.6) is 0 Å². The van der Waals surface area contributed by atoms with Gasteiger partial charge >= 0.3 is 6.12 Å². The lowest BCUT2D eigenvalue weighted by Gasteiger charge is -2.14. The zero-order valence-corrected chi connectivity index (χ0v) is 11.0. The highest BCUT2D eigenvalue weighted by Crippen LogP contribution is 2.76. The van der Waals surface area contributed by atoms with Gasteiger partial charge in [-0.2, -0.15) is 4.52 Å². The molecule has 1 atom stereocenters. The Morgan fingerprint density at radius 2 is 1.85 bits per heavy atom. The van der Waals surface area contributed by atoms with Crippen molar-refractivity contribution < 1.29 is 8.49 Å². The summed E-state index contributed by atoms with van der Waals surface area (Å²) in [4.78, 5) is 0. The smallest absolute Gasteiger partial charge is 0.182 e. The van der Waals surface area contributed by atoms with Crippen molar-refractivity contribution in [2.24, 2.45) is 0 Å². The Labute approximate surface area is 95.5 Å². The Balaban J connectivity index is 2.34. The Hall–Kier alpha value is 1.40. The summed E-state index contributed by atoms with van der Waals surface area (Å²) in [7, 11) is 0. The maximum atomic E-state index is 5.59. The van der Waals surface area contributed by atoms with Gasteiger partial charge in [-0.1, -0.05) is 19.3 Å². The zero-order chi connectivity index (χ0) is 9.57. The fourth-order valence-corrected chi connectivity index (χ4v) is 5.48. The third kappa shape index (κ3) is 5.14. The van der Waals surface area contributed by atoms with Crippen molar-refractivity contribution in [1.82, 2.24) is 0 Å². The van der Waals surface area contributed by atoms with Crippen molar-refractivity contribution in [1.29, 1.82) is 0 Å². The van der Waals surface area contributed by atoms with Crippen LogP contribution < -0.4 is 0 Å². The molecule has 0 bridgehead atoms. The van der Waals surface area contributed by atoms with Crippen molar-refractivity contribution >= 4 is 42.7 Å². The number of hydrogen-bond donors (Lipinski definition) is 2. The van der Waals surface area contributed by atoms with Crippen LogP contribution in [0.4, 0.5) is 0 Å². The molecule has 0 aromatic carbocycles. The highest BCUT2D eigenvalue weighted by molar-refractivity contribution is 8.87. The van der Waals surface area contributed by atoms with E-state index in [1.54, 1.807) is 11.4 Å². The first-order valence-electron chi connectivity index (χ1n) is 4.51. The molecule has 0 aliphatic carbocycles. The number of thiol groups is 2. The molecular weight excluding hydrogens is 243 g/mol. The molecule has 1 aliphatic rings. The van der Waals surface area contributed by atoms with Crippen LogP contribution in [0, 0.1) is 0 Å². The predicted molar refractivity (Wildman–Crippen MR) is 67.5 cm³/mol. The van der Waals surface area contributed by atoms with Crippen molar-refractivity contribution in [2.75, 3.05) is 12.4 Å². The fraction of sp³-hybridized carbons (Fsp3) is 1.00. The molecule has 78 valence electrons. The van der Waals surface area contributed by atoms with E-state index in [9.17, 15) is 0 Å². The van der Waals surface area contributed by atoms with E-state index in [0.29, 0.717) is 0 Å². The average Bonchev–Trinajstić information content (AvgIpc) is 2.16. The summed E-state index contributed by atoms with van der Waals surface area (Å²) in [6.45, 7) is 0.755. The largest absolute Gasteiger partial charge is 0.407 e. The quantitative estimate of drug-likeness (QED) is 0.418. The predicted octanol–water partition coefficient (Wildman–Crippen LogP) is 4.17. The van der Waals surface area contributed by atoms with Gasteiger partial charge in [0.2, 0.25) is 0 Å². The fourth-order valence-electron chi connectivity index (χ4n) is 1.18. The van der Waals surface area contributed by atoms with Crippen LogP contribution in [0.3, 0.4) is 0 Å². The van der Waals surface area contributed by atoms with Gasteiger partial charge in [0, 0.05) is 18.7 Å². The molecule has 1 unspecified atom stereocenters. The topological polar surface area (TPSA) is 18.5 Å². The molecule has 0 spiro atoms. The Morgan fingerprint density at radius 1 is 1.15 bits per heavy atom. The van der Waals surface area contributed by atoms with E-state index >= 15 is 0 Å². The van der Waals surface area contributed by atoms with Crippen LogP contribution in [-0.4, -0.2) is 12.4 Å². The minimum Gasteiger partial charge on any atom is -0.182 e. The van der Waals surface area contributed by atoms with Gasteiger partial charge in [0.15, 0.2) is 0 Å². The summed E-state index contributed by atoms with van der Waals surface area (Å²) in [6, 6.07) is 0. The molecule has 1 rings (SSSR count). The first kappa shape index (κ1) is 12.5. The van der Waals surface area contributed by atoms with Gasteiger partial charge in [0.1, 0.15) is 0 Å². The lowest BCUT2D eigenvalue weighted by atomic mass is 10.2. The lowest BCUT2D eigenvalue weighted by molar-refractivity contribution is 0.315. The minimum atomic E-state index is -1.99.